The van der Waals surface area contributed by atoms with E-state index in [0.29, 0.717) is 23.0 Å². The van der Waals surface area contributed by atoms with Crippen LogP contribution in [0.3, 0.4) is 0 Å². The lowest BCUT2D eigenvalue weighted by Crippen LogP contribution is -2.41. The van der Waals surface area contributed by atoms with Crippen LogP contribution in [-0.2, 0) is 6.42 Å². The zero-order valence-corrected chi connectivity index (χ0v) is 14.3. The summed E-state index contributed by atoms with van der Waals surface area (Å²) in [6.07, 6.45) is -0.468. The highest BCUT2D eigenvalue weighted by atomic mass is 19.1. The van der Waals surface area contributed by atoms with Gasteiger partial charge in [-0.1, -0.05) is 24.3 Å². The lowest BCUT2D eigenvalue weighted by molar-refractivity contribution is 0.0929. The number of hydrogen-bond donors (Lipinski definition) is 4. The summed E-state index contributed by atoms with van der Waals surface area (Å²) in [7, 11) is 0. The first-order valence-corrected chi connectivity index (χ1v) is 8.65. The monoisotopic (exact) mass is 367 g/mol. The fourth-order valence-electron chi connectivity index (χ4n) is 3.75. The predicted molar refractivity (Wildman–Crippen MR) is 98.4 cm³/mol. The predicted octanol–water partition coefficient (Wildman–Crippen LogP) is 3.01. The van der Waals surface area contributed by atoms with Crippen molar-refractivity contribution in [1.82, 2.24) is 15.6 Å². The molecular weight excluding hydrogens is 349 g/mol. The topological polar surface area (TPSA) is 94.2 Å². The van der Waals surface area contributed by atoms with Crippen molar-refractivity contribution < 1.29 is 19.1 Å². The fraction of sp³-hybridized carbons (Fsp3) is 0.200. The van der Waals surface area contributed by atoms with E-state index in [1.807, 2.05) is 24.3 Å². The van der Waals surface area contributed by atoms with Crippen LogP contribution in [0, 0.1) is 5.82 Å². The normalized spacial score (nSPS) is 18.3. The van der Waals surface area contributed by atoms with E-state index in [1.54, 1.807) is 12.1 Å². The number of fused-ring (bicyclic) bond motifs is 2. The molecule has 0 aliphatic heterocycles. The number of carbonyl (C=O) groups excluding carboxylic acids is 1. The van der Waals surface area contributed by atoms with E-state index >= 15 is 0 Å². The Balaban J connectivity index is 1.56. The van der Waals surface area contributed by atoms with E-state index in [-0.39, 0.29) is 30.2 Å². The molecule has 1 aliphatic rings. The fourth-order valence-corrected chi connectivity index (χ4v) is 3.75. The van der Waals surface area contributed by atoms with Crippen LogP contribution in [0.1, 0.15) is 27.5 Å². The molecule has 3 aromatic rings. The highest BCUT2D eigenvalue weighted by Gasteiger charge is 2.33. The number of carboxylic acid groups (broad SMARTS) is 1. The number of benzene rings is 2. The van der Waals surface area contributed by atoms with Crippen molar-refractivity contribution in [3.05, 3.63) is 71.2 Å². The summed E-state index contributed by atoms with van der Waals surface area (Å²) in [4.78, 5) is 26.6. The Morgan fingerprint density at radius 2 is 2.00 bits per heavy atom. The Bertz CT molecular complexity index is 1030. The molecule has 1 heterocycles. The Kier molecular flexibility index (Phi) is 4.27. The number of nitrogens with one attached hydrogen (secondary N) is 3. The quantitative estimate of drug-likeness (QED) is 0.571. The van der Waals surface area contributed by atoms with Gasteiger partial charge < -0.3 is 20.7 Å². The molecule has 2 amide bonds. The highest BCUT2D eigenvalue weighted by molar-refractivity contribution is 5.98. The highest BCUT2D eigenvalue weighted by Crippen LogP contribution is 2.33. The molecule has 0 spiro atoms. The maximum atomic E-state index is 13.4. The second kappa shape index (κ2) is 6.75. The molecule has 0 unspecified atom stereocenters. The molecular formula is C20H18FN3O3. The minimum Gasteiger partial charge on any atom is -0.465 e. The van der Waals surface area contributed by atoms with Crippen LogP contribution in [0.25, 0.3) is 10.9 Å². The number of hydrogen-bond acceptors (Lipinski definition) is 2. The summed E-state index contributed by atoms with van der Waals surface area (Å²) >= 11 is 0. The number of amides is 2. The van der Waals surface area contributed by atoms with Gasteiger partial charge in [0.1, 0.15) is 11.5 Å². The van der Waals surface area contributed by atoms with Crippen molar-refractivity contribution in [3.8, 4) is 0 Å². The van der Waals surface area contributed by atoms with Crippen LogP contribution in [-0.4, -0.2) is 34.7 Å². The van der Waals surface area contributed by atoms with Gasteiger partial charge in [-0.3, -0.25) is 4.79 Å². The molecule has 7 heteroatoms. The minimum absolute atomic E-state index is 0.150. The van der Waals surface area contributed by atoms with Crippen molar-refractivity contribution in [3.63, 3.8) is 0 Å². The van der Waals surface area contributed by atoms with E-state index in [4.69, 9.17) is 5.11 Å². The summed E-state index contributed by atoms with van der Waals surface area (Å²) in [5, 5.41) is 15.0. The van der Waals surface area contributed by atoms with Crippen molar-refractivity contribution in [2.24, 2.45) is 0 Å². The van der Waals surface area contributed by atoms with Gasteiger partial charge in [-0.15, -0.1) is 0 Å². The van der Waals surface area contributed by atoms with Crippen molar-refractivity contribution in [2.45, 2.75) is 18.4 Å². The third-order valence-corrected chi connectivity index (χ3v) is 5.00. The summed E-state index contributed by atoms with van der Waals surface area (Å²) in [5.74, 6) is -0.813. The summed E-state index contributed by atoms with van der Waals surface area (Å²) < 4.78 is 13.4. The average molecular weight is 367 g/mol. The van der Waals surface area contributed by atoms with E-state index in [1.165, 1.54) is 12.1 Å². The van der Waals surface area contributed by atoms with Gasteiger partial charge in [0.15, 0.2) is 0 Å². The van der Waals surface area contributed by atoms with Gasteiger partial charge >= 0.3 is 6.09 Å². The second-order valence-electron chi connectivity index (χ2n) is 6.69. The van der Waals surface area contributed by atoms with Gasteiger partial charge in [-0.25, -0.2) is 9.18 Å². The van der Waals surface area contributed by atoms with E-state index < -0.39 is 6.09 Å². The first-order valence-electron chi connectivity index (χ1n) is 8.65. The van der Waals surface area contributed by atoms with Gasteiger partial charge in [-0.2, -0.15) is 0 Å². The summed E-state index contributed by atoms with van der Waals surface area (Å²) in [5.41, 5.74) is 3.16. The Morgan fingerprint density at radius 1 is 1.19 bits per heavy atom. The standard InChI is InChI=1S/C20H18FN3O3/c21-13-5-6-16-12(7-13)9-18(23-16)19(25)24-17-8-11-3-1-2-4-14(11)15(17)10-22-20(26)27/h1-7,9,15,17,22-23H,8,10H2,(H,24,25)(H,26,27)/t15-,17+/m0/s1. The molecule has 138 valence electrons. The third-order valence-electron chi connectivity index (χ3n) is 5.00. The average Bonchev–Trinajstić information content (AvgIpc) is 3.20. The van der Waals surface area contributed by atoms with E-state index in [2.05, 4.69) is 15.6 Å². The maximum absolute atomic E-state index is 13.4. The zero-order valence-electron chi connectivity index (χ0n) is 14.3. The second-order valence-corrected chi connectivity index (χ2v) is 6.69. The first kappa shape index (κ1) is 17.1. The molecule has 0 fully saturated rings. The molecule has 2 aromatic carbocycles. The molecule has 1 aromatic heterocycles. The molecule has 27 heavy (non-hydrogen) atoms. The number of rotatable bonds is 4. The lowest BCUT2D eigenvalue weighted by atomic mass is 9.98. The molecule has 4 rings (SSSR count). The van der Waals surface area contributed by atoms with Crippen LogP contribution < -0.4 is 10.6 Å². The van der Waals surface area contributed by atoms with Gasteiger partial charge in [0.2, 0.25) is 0 Å². The Morgan fingerprint density at radius 3 is 2.81 bits per heavy atom. The van der Waals surface area contributed by atoms with Crippen LogP contribution >= 0.6 is 0 Å². The van der Waals surface area contributed by atoms with Crippen LogP contribution in [0.15, 0.2) is 48.5 Å². The number of carbonyl (C=O) groups is 2. The Hall–Kier alpha value is -3.35. The lowest BCUT2D eigenvalue weighted by Gasteiger charge is -2.21. The molecule has 4 N–H and O–H groups in total. The molecule has 0 radical (unpaired) electrons. The van der Waals surface area contributed by atoms with Crippen LogP contribution in [0.4, 0.5) is 9.18 Å². The maximum Gasteiger partial charge on any atom is 0.404 e. The third kappa shape index (κ3) is 3.36. The number of aromatic amines is 1. The van der Waals surface area contributed by atoms with Crippen molar-refractivity contribution >= 4 is 22.9 Å². The molecule has 2 atom stereocenters. The largest absolute Gasteiger partial charge is 0.465 e. The van der Waals surface area contributed by atoms with E-state index in [0.717, 1.165) is 11.1 Å². The zero-order chi connectivity index (χ0) is 19.0. The molecule has 6 nitrogen and oxygen atoms in total. The van der Waals surface area contributed by atoms with E-state index in [9.17, 15) is 14.0 Å². The van der Waals surface area contributed by atoms with Crippen molar-refractivity contribution in [1.29, 1.82) is 0 Å². The van der Waals surface area contributed by atoms with Crippen LogP contribution in [0.2, 0.25) is 0 Å². The SMILES string of the molecule is O=C(O)NC[C@H]1c2ccccc2C[C@H]1NC(=O)c1cc2cc(F)ccc2[nH]1. The van der Waals surface area contributed by atoms with Gasteiger partial charge in [0, 0.05) is 29.4 Å². The molecule has 0 saturated heterocycles. The Labute approximate surface area is 154 Å². The molecule has 0 saturated carbocycles. The number of aromatic nitrogens is 1. The summed E-state index contributed by atoms with van der Waals surface area (Å²) in [6.45, 7) is 0.217. The number of halogens is 1. The van der Waals surface area contributed by atoms with Crippen LogP contribution in [0.5, 0.6) is 0 Å². The smallest absolute Gasteiger partial charge is 0.404 e. The van der Waals surface area contributed by atoms with Gasteiger partial charge in [0.05, 0.1) is 0 Å². The first-order chi connectivity index (χ1) is 13.0. The van der Waals surface area contributed by atoms with Crippen molar-refractivity contribution in [2.75, 3.05) is 6.54 Å². The van der Waals surface area contributed by atoms with Gasteiger partial charge in [0.25, 0.3) is 5.91 Å². The number of H-pyrrole nitrogens is 1. The van der Waals surface area contributed by atoms with Gasteiger partial charge in [-0.05, 0) is 41.8 Å². The summed E-state index contributed by atoms with van der Waals surface area (Å²) in [6, 6.07) is 13.5. The molecule has 1 aliphatic carbocycles. The minimum atomic E-state index is -1.10. The molecule has 0 bridgehead atoms.